The SMILES string of the molecule is CCC(COC(=O)C1COC(=O)O1)(COC(=O)C1COC(=O)O1)COC(=O)[C@H]1COC(=O)O1. The van der Waals surface area contributed by atoms with Gasteiger partial charge in [0.15, 0.2) is 0 Å². The summed E-state index contributed by atoms with van der Waals surface area (Å²) in [4.78, 5) is 69.6. The van der Waals surface area contributed by atoms with E-state index in [-0.39, 0.29) is 26.2 Å². The van der Waals surface area contributed by atoms with Crippen molar-refractivity contribution in [1.82, 2.24) is 0 Å². The first-order valence-electron chi connectivity index (χ1n) is 9.71. The highest BCUT2D eigenvalue weighted by Gasteiger charge is 2.41. The van der Waals surface area contributed by atoms with Crippen molar-refractivity contribution in [2.75, 3.05) is 39.6 Å². The topological polar surface area (TPSA) is 185 Å². The lowest BCUT2D eigenvalue weighted by molar-refractivity contribution is -0.171. The first-order valence-corrected chi connectivity index (χ1v) is 9.71. The predicted molar refractivity (Wildman–Crippen MR) is 94.3 cm³/mol. The molecule has 3 saturated heterocycles. The van der Waals surface area contributed by atoms with Crippen LogP contribution in [0.4, 0.5) is 14.4 Å². The van der Waals surface area contributed by atoms with Gasteiger partial charge in [-0.15, -0.1) is 0 Å². The number of rotatable bonds is 10. The molecule has 0 aromatic carbocycles. The average Bonchev–Trinajstić information content (AvgIpc) is 3.54. The molecule has 33 heavy (non-hydrogen) atoms. The lowest BCUT2D eigenvalue weighted by Gasteiger charge is -2.31. The second-order valence-electron chi connectivity index (χ2n) is 7.18. The van der Waals surface area contributed by atoms with E-state index in [1.807, 2.05) is 0 Å². The smallest absolute Gasteiger partial charge is 0.462 e. The van der Waals surface area contributed by atoms with E-state index in [1.165, 1.54) is 0 Å². The lowest BCUT2D eigenvalue weighted by Crippen LogP contribution is -2.42. The van der Waals surface area contributed by atoms with Gasteiger partial charge in [0.25, 0.3) is 0 Å². The number of esters is 3. The molecule has 0 aromatic rings. The molecule has 2 unspecified atom stereocenters. The highest BCUT2D eigenvalue weighted by molar-refractivity contribution is 5.81. The van der Waals surface area contributed by atoms with Gasteiger partial charge >= 0.3 is 36.4 Å². The summed E-state index contributed by atoms with van der Waals surface area (Å²) in [5.74, 6) is -2.77. The molecule has 0 bridgehead atoms. The fraction of sp³-hybridized carbons (Fsp3) is 0.667. The van der Waals surface area contributed by atoms with Gasteiger partial charge in [0.05, 0.1) is 5.41 Å². The molecule has 15 heteroatoms. The number of ether oxygens (including phenoxy) is 9. The van der Waals surface area contributed by atoms with Crippen molar-refractivity contribution < 1.29 is 71.4 Å². The van der Waals surface area contributed by atoms with Crippen LogP contribution in [0.5, 0.6) is 0 Å². The normalized spacial score (nSPS) is 25.4. The van der Waals surface area contributed by atoms with E-state index in [9.17, 15) is 28.8 Å². The minimum absolute atomic E-state index is 0.170. The van der Waals surface area contributed by atoms with Crippen molar-refractivity contribution in [2.45, 2.75) is 31.7 Å². The average molecular weight is 476 g/mol. The third kappa shape index (κ3) is 6.14. The number of hydrogen-bond acceptors (Lipinski definition) is 15. The molecule has 0 amide bonds. The maximum Gasteiger partial charge on any atom is 0.509 e. The lowest BCUT2D eigenvalue weighted by atomic mass is 9.88. The summed E-state index contributed by atoms with van der Waals surface area (Å²) in [6.45, 7) is -0.606. The van der Waals surface area contributed by atoms with Crippen molar-refractivity contribution >= 4 is 36.4 Å². The molecule has 182 valence electrons. The number of hydrogen-bond donors (Lipinski definition) is 0. The summed E-state index contributed by atoms with van der Waals surface area (Å²) in [6, 6.07) is 0. The van der Waals surface area contributed by atoms with Crippen LogP contribution >= 0.6 is 0 Å². The maximum atomic E-state index is 12.2. The van der Waals surface area contributed by atoms with Crippen molar-refractivity contribution in [3.8, 4) is 0 Å². The summed E-state index contributed by atoms with van der Waals surface area (Å²) >= 11 is 0. The monoisotopic (exact) mass is 476 g/mol. The largest absolute Gasteiger partial charge is 0.509 e. The third-order valence-corrected chi connectivity index (χ3v) is 4.87. The van der Waals surface area contributed by atoms with Gasteiger partial charge in [-0.1, -0.05) is 6.92 Å². The van der Waals surface area contributed by atoms with Crippen LogP contribution in [0.25, 0.3) is 0 Å². The van der Waals surface area contributed by atoms with Gasteiger partial charge in [-0.2, -0.15) is 0 Å². The first-order chi connectivity index (χ1) is 15.7. The Morgan fingerprint density at radius 3 is 1.21 bits per heavy atom. The van der Waals surface area contributed by atoms with Crippen LogP contribution < -0.4 is 0 Å². The minimum Gasteiger partial charge on any atom is -0.462 e. The Kier molecular flexibility index (Phi) is 7.40. The van der Waals surface area contributed by atoms with E-state index in [0.717, 1.165) is 0 Å². The molecular formula is C18H20O15. The van der Waals surface area contributed by atoms with Crippen molar-refractivity contribution in [3.63, 3.8) is 0 Å². The fourth-order valence-electron chi connectivity index (χ4n) is 2.71. The van der Waals surface area contributed by atoms with Gasteiger partial charge in [0.1, 0.15) is 39.6 Å². The third-order valence-electron chi connectivity index (χ3n) is 4.87. The minimum atomic E-state index is -1.28. The van der Waals surface area contributed by atoms with Crippen LogP contribution in [0.1, 0.15) is 13.3 Å². The second kappa shape index (κ2) is 10.2. The van der Waals surface area contributed by atoms with Gasteiger partial charge < -0.3 is 42.6 Å². The number of carbonyl (C=O) groups is 6. The van der Waals surface area contributed by atoms with Crippen molar-refractivity contribution in [1.29, 1.82) is 0 Å². The van der Waals surface area contributed by atoms with Crippen molar-refractivity contribution in [3.05, 3.63) is 0 Å². The van der Waals surface area contributed by atoms with E-state index in [0.29, 0.717) is 0 Å². The molecule has 0 N–H and O–H groups in total. The molecule has 3 rings (SSSR count). The Morgan fingerprint density at radius 1 is 0.697 bits per heavy atom. The molecule has 0 spiro atoms. The summed E-state index contributed by atoms with van der Waals surface area (Å²) in [6.07, 6.45) is -6.73. The molecule has 3 atom stereocenters. The van der Waals surface area contributed by atoms with Gasteiger partial charge in [0, 0.05) is 0 Å². The summed E-state index contributed by atoms with van der Waals surface area (Å²) in [5.41, 5.74) is -1.25. The van der Waals surface area contributed by atoms with Gasteiger partial charge in [-0.25, -0.2) is 28.8 Å². The number of carbonyl (C=O) groups excluding carboxylic acids is 6. The quantitative estimate of drug-likeness (QED) is 0.293. The zero-order chi connectivity index (χ0) is 24.0. The first kappa shape index (κ1) is 23.9. The molecule has 0 radical (unpaired) electrons. The molecule has 3 fully saturated rings. The van der Waals surface area contributed by atoms with Crippen LogP contribution in [-0.2, 0) is 57.0 Å². The van der Waals surface area contributed by atoms with Crippen LogP contribution in [0.15, 0.2) is 0 Å². The Hall–Kier alpha value is -3.78. The zero-order valence-electron chi connectivity index (χ0n) is 17.3. The Morgan fingerprint density at radius 2 is 1.00 bits per heavy atom. The molecule has 3 aliphatic heterocycles. The molecule has 3 aliphatic rings. The molecule has 0 saturated carbocycles. The molecule has 0 aliphatic carbocycles. The molecule has 3 heterocycles. The van der Waals surface area contributed by atoms with Crippen LogP contribution in [-0.4, -0.2) is 94.3 Å². The van der Waals surface area contributed by atoms with E-state index in [4.69, 9.17) is 14.2 Å². The highest BCUT2D eigenvalue weighted by atomic mass is 16.8. The Bertz CT molecular complexity index is 717. The van der Waals surface area contributed by atoms with Crippen molar-refractivity contribution in [2.24, 2.45) is 5.41 Å². The zero-order valence-corrected chi connectivity index (χ0v) is 17.3. The summed E-state index contributed by atoms with van der Waals surface area (Å²) < 4.78 is 43.1. The van der Waals surface area contributed by atoms with E-state index in [1.54, 1.807) is 6.92 Å². The number of cyclic esters (lactones) is 6. The Balaban J connectivity index is 1.61. The van der Waals surface area contributed by atoms with Gasteiger partial charge in [-0.3, -0.25) is 0 Å². The summed E-state index contributed by atoms with van der Waals surface area (Å²) in [5, 5.41) is 0. The fourth-order valence-corrected chi connectivity index (χ4v) is 2.71. The standard InChI is InChI=1S/C18H20O15/c1-2-18(6-28-12(19)9-3-25-15(22)31-9,7-29-13(20)10-4-26-16(23)32-10)8-30-14(21)11-5-27-17(24)33-11/h9-11H,2-8H2,1H3/t9-,10?,11?,18?/m1/s1. The van der Waals surface area contributed by atoms with Crippen LogP contribution in [0, 0.1) is 5.41 Å². The van der Waals surface area contributed by atoms with Crippen LogP contribution in [0.2, 0.25) is 0 Å². The van der Waals surface area contributed by atoms with E-state index >= 15 is 0 Å². The summed E-state index contributed by atoms with van der Waals surface area (Å²) in [7, 11) is 0. The van der Waals surface area contributed by atoms with E-state index < -0.39 is 79.9 Å². The predicted octanol–water partition coefficient (Wildman–Crippen LogP) is -0.381. The molecule has 15 nitrogen and oxygen atoms in total. The maximum absolute atomic E-state index is 12.2. The van der Waals surface area contributed by atoms with E-state index in [2.05, 4.69) is 28.4 Å². The molecule has 0 aromatic heterocycles. The van der Waals surface area contributed by atoms with Gasteiger partial charge in [-0.05, 0) is 6.42 Å². The van der Waals surface area contributed by atoms with Crippen LogP contribution in [0.3, 0.4) is 0 Å². The Labute approximate surface area is 185 Å². The second-order valence-corrected chi connectivity index (χ2v) is 7.18. The highest BCUT2D eigenvalue weighted by Crippen LogP contribution is 2.26. The van der Waals surface area contributed by atoms with Gasteiger partial charge in [0.2, 0.25) is 18.3 Å². The molecular weight excluding hydrogens is 456 g/mol.